The lowest BCUT2D eigenvalue weighted by Crippen LogP contribution is -2.06. The van der Waals surface area contributed by atoms with E-state index in [1.165, 1.54) is 6.07 Å². The van der Waals surface area contributed by atoms with Crippen molar-refractivity contribution in [3.63, 3.8) is 0 Å². The summed E-state index contributed by atoms with van der Waals surface area (Å²) in [6, 6.07) is 4.79. The van der Waals surface area contributed by atoms with Gasteiger partial charge in [-0.25, -0.2) is 4.79 Å². The molecule has 0 aliphatic rings. The van der Waals surface area contributed by atoms with E-state index in [9.17, 15) is 4.79 Å². The molecule has 1 N–H and O–H groups in total. The maximum Gasteiger partial charge on any atom is 0.335 e. The highest BCUT2D eigenvalue weighted by Gasteiger charge is 2.09. The van der Waals surface area contributed by atoms with Gasteiger partial charge in [-0.2, -0.15) is 0 Å². The fourth-order valence-corrected chi connectivity index (χ4v) is 1.61. The van der Waals surface area contributed by atoms with Crippen LogP contribution in [0.5, 0.6) is 5.75 Å². The second kappa shape index (κ2) is 5.09. The number of aromatic carboxylic acids is 1. The summed E-state index contributed by atoms with van der Waals surface area (Å²) in [5.74, 6) is 1.06. The van der Waals surface area contributed by atoms with Crippen molar-refractivity contribution < 1.29 is 14.6 Å². The quantitative estimate of drug-likeness (QED) is 0.906. The van der Waals surface area contributed by atoms with Gasteiger partial charge in [0.1, 0.15) is 18.2 Å². The number of aromatic nitrogens is 3. The van der Waals surface area contributed by atoms with Crippen LogP contribution in [0, 0.1) is 13.8 Å². The van der Waals surface area contributed by atoms with Gasteiger partial charge in [-0.05, 0) is 31.5 Å². The molecule has 1 aromatic heterocycles. The van der Waals surface area contributed by atoms with E-state index in [-0.39, 0.29) is 12.2 Å². The molecule has 0 spiro atoms. The third kappa shape index (κ3) is 2.73. The molecule has 1 heterocycles. The summed E-state index contributed by atoms with van der Waals surface area (Å²) in [5, 5.41) is 16.9. The Labute approximate surface area is 110 Å². The van der Waals surface area contributed by atoms with Gasteiger partial charge in [0.15, 0.2) is 5.82 Å². The molecule has 6 heteroatoms. The summed E-state index contributed by atoms with van der Waals surface area (Å²) in [7, 11) is 1.86. The molecular formula is C13H15N3O3. The van der Waals surface area contributed by atoms with Crippen LogP contribution in [0.4, 0.5) is 0 Å². The predicted molar refractivity (Wildman–Crippen MR) is 68.2 cm³/mol. The van der Waals surface area contributed by atoms with Crippen LogP contribution in [0.15, 0.2) is 18.2 Å². The molecule has 0 saturated heterocycles. The molecule has 0 atom stereocenters. The Balaban J connectivity index is 2.17. The standard InChI is InChI=1S/C13H15N3O3/c1-8-4-5-10(13(17)18)6-11(8)19-7-12-15-14-9(2)16(12)3/h4-6H,7H2,1-3H3,(H,17,18). The molecule has 6 nitrogen and oxygen atoms in total. The summed E-state index contributed by atoms with van der Waals surface area (Å²) in [4.78, 5) is 10.9. The Hall–Kier alpha value is -2.37. The first-order valence-electron chi connectivity index (χ1n) is 5.80. The van der Waals surface area contributed by atoms with Crippen molar-refractivity contribution in [1.82, 2.24) is 14.8 Å². The Morgan fingerprint density at radius 3 is 2.68 bits per heavy atom. The monoisotopic (exact) mass is 261 g/mol. The molecule has 0 unspecified atom stereocenters. The third-order valence-electron chi connectivity index (χ3n) is 2.97. The first kappa shape index (κ1) is 13.1. The molecule has 0 fully saturated rings. The van der Waals surface area contributed by atoms with Crippen molar-refractivity contribution in [2.24, 2.45) is 7.05 Å². The number of nitrogens with zero attached hydrogens (tertiary/aromatic N) is 3. The van der Waals surface area contributed by atoms with Crippen molar-refractivity contribution >= 4 is 5.97 Å². The zero-order valence-electron chi connectivity index (χ0n) is 11.0. The van der Waals surface area contributed by atoms with E-state index in [0.717, 1.165) is 11.4 Å². The van der Waals surface area contributed by atoms with Crippen LogP contribution < -0.4 is 4.74 Å². The number of aryl methyl sites for hydroxylation is 2. The molecule has 0 aliphatic carbocycles. The molecule has 0 amide bonds. The lowest BCUT2D eigenvalue weighted by molar-refractivity contribution is 0.0696. The minimum Gasteiger partial charge on any atom is -0.485 e. The highest BCUT2D eigenvalue weighted by atomic mass is 16.5. The molecule has 2 aromatic rings. The molecular weight excluding hydrogens is 246 g/mol. The summed E-state index contributed by atoms with van der Waals surface area (Å²) in [6.45, 7) is 3.97. The van der Waals surface area contributed by atoms with Gasteiger partial charge in [-0.3, -0.25) is 0 Å². The van der Waals surface area contributed by atoms with E-state index in [1.807, 2.05) is 25.5 Å². The number of hydrogen-bond acceptors (Lipinski definition) is 4. The van der Waals surface area contributed by atoms with Crippen LogP contribution in [-0.2, 0) is 13.7 Å². The SMILES string of the molecule is Cc1ccc(C(=O)O)cc1OCc1nnc(C)n1C. The minimum atomic E-state index is -0.973. The normalized spacial score (nSPS) is 10.5. The number of carboxylic acid groups (broad SMARTS) is 1. The zero-order chi connectivity index (χ0) is 14.0. The van der Waals surface area contributed by atoms with Gasteiger partial charge in [-0.1, -0.05) is 6.07 Å². The van der Waals surface area contributed by atoms with E-state index in [1.54, 1.807) is 12.1 Å². The summed E-state index contributed by atoms with van der Waals surface area (Å²) < 4.78 is 7.45. The molecule has 19 heavy (non-hydrogen) atoms. The van der Waals surface area contributed by atoms with E-state index in [4.69, 9.17) is 9.84 Å². The largest absolute Gasteiger partial charge is 0.485 e. The Bertz CT molecular complexity index is 620. The van der Waals surface area contributed by atoms with Gasteiger partial charge in [-0.15, -0.1) is 10.2 Å². The lowest BCUT2D eigenvalue weighted by atomic mass is 10.1. The number of ether oxygens (including phenoxy) is 1. The maximum atomic E-state index is 10.9. The second-order valence-electron chi connectivity index (χ2n) is 4.30. The highest BCUT2D eigenvalue weighted by Crippen LogP contribution is 2.20. The van der Waals surface area contributed by atoms with Crippen LogP contribution in [0.3, 0.4) is 0 Å². The van der Waals surface area contributed by atoms with Crippen LogP contribution in [0.1, 0.15) is 27.6 Å². The number of benzene rings is 1. The average Bonchev–Trinajstić information content (AvgIpc) is 2.69. The van der Waals surface area contributed by atoms with Crippen LogP contribution >= 0.6 is 0 Å². The Morgan fingerprint density at radius 2 is 2.11 bits per heavy atom. The predicted octanol–water partition coefficient (Wildman–Crippen LogP) is 1.71. The molecule has 0 radical (unpaired) electrons. The van der Waals surface area contributed by atoms with Gasteiger partial charge in [0.2, 0.25) is 0 Å². The van der Waals surface area contributed by atoms with Crippen molar-refractivity contribution in [3.05, 3.63) is 41.0 Å². The maximum absolute atomic E-state index is 10.9. The zero-order valence-corrected chi connectivity index (χ0v) is 11.0. The third-order valence-corrected chi connectivity index (χ3v) is 2.97. The Kier molecular flexibility index (Phi) is 3.50. The van der Waals surface area contributed by atoms with Crippen molar-refractivity contribution in [2.45, 2.75) is 20.5 Å². The van der Waals surface area contributed by atoms with E-state index < -0.39 is 5.97 Å². The molecule has 1 aromatic carbocycles. The van der Waals surface area contributed by atoms with E-state index >= 15 is 0 Å². The molecule has 0 bridgehead atoms. The average molecular weight is 261 g/mol. The topological polar surface area (TPSA) is 77.2 Å². The Morgan fingerprint density at radius 1 is 1.37 bits per heavy atom. The van der Waals surface area contributed by atoms with E-state index in [2.05, 4.69) is 10.2 Å². The van der Waals surface area contributed by atoms with Gasteiger partial charge < -0.3 is 14.4 Å². The van der Waals surface area contributed by atoms with Crippen LogP contribution in [0.2, 0.25) is 0 Å². The van der Waals surface area contributed by atoms with Gasteiger partial charge in [0, 0.05) is 7.05 Å². The minimum absolute atomic E-state index is 0.203. The fourth-order valence-electron chi connectivity index (χ4n) is 1.61. The molecule has 0 aliphatic heterocycles. The van der Waals surface area contributed by atoms with Crippen molar-refractivity contribution in [1.29, 1.82) is 0 Å². The number of carboxylic acids is 1. The first-order valence-corrected chi connectivity index (χ1v) is 5.80. The first-order chi connectivity index (χ1) is 8.99. The van der Waals surface area contributed by atoms with Gasteiger partial charge in [0.25, 0.3) is 0 Å². The summed E-state index contributed by atoms with van der Waals surface area (Å²) >= 11 is 0. The second-order valence-corrected chi connectivity index (χ2v) is 4.30. The van der Waals surface area contributed by atoms with E-state index in [0.29, 0.717) is 11.6 Å². The van der Waals surface area contributed by atoms with Gasteiger partial charge >= 0.3 is 5.97 Å². The van der Waals surface area contributed by atoms with Crippen molar-refractivity contribution in [3.8, 4) is 5.75 Å². The number of hydrogen-bond donors (Lipinski definition) is 1. The highest BCUT2D eigenvalue weighted by molar-refractivity contribution is 5.88. The molecule has 100 valence electrons. The lowest BCUT2D eigenvalue weighted by Gasteiger charge is -2.09. The fraction of sp³-hybridized carbons (Fsp3) is 0.308. The summed E-state index contributed by atoms with van der Waals surface area (Å²) in [5.41, 5.74) is 1.08. The molecule has 0 saturated carbocycles. The summed E-state index contributed by atoms with van der Waals surface area (Å²) in [6.07, 6.45) is 0. The van der Waals surface area contributed by atoms with Crippen LogP contribution in [0.25, 0.3) is 0 Å². The smallest absolute Gasteiger partial charge is 0.335 e. The van der Waals surface area contributed by atoms with Gasteiger partial charge in [0.05, 0.1) is 5.56 Å². The van der Waals surface area contributed by atoms with Crippen LogP contribution in [-0.4, -0.2) is 25.8 Å². The number of rotatable bonds is 4. The van der Waals surface area contributed by atoms with Crippen molar-refractivity contribution in [2.75, 3.05) is 0 Å². The molecule has 2 rings (SSSR count). The number of carbonyl (C=O) groups is 1.